The molecule has 0 saturated heterocycles. The Morgan fingerprint density at radius 3 is 2.21 bits per heavy atom. The molecule has 62 heavy (non-hydrogen) atoms. The molecule has 0 saturated carbocycles. The summed E-state index contributed by atoms with van der Waals surface area (Å²) in [5.74, 6) is 0.550. The molecule has 3 heterocycles. The highest BCUT2D eigenvalue weighted by atomic mass is 16.6. The first kappa shape index (κ1) is 44.6. The van der Waals surface area contributed by atoms with Crippen LogP contribution in [0.25, 0.3) is 11.1 Å². The molecule has 0 radical (unpaired) electrons. The Bertz CT molecular complexity index is 2410. The number of nitrogens with one attached hydrogen (secondary N) is 3. The summed E-state index contributed by atoms with van der Waals surface area (Å²) in [5.41, 5.74) is 11.6. The summed E-state index contributed by atoms with van der Waals surface area (Å²) in [6, 6.07) is 19.1. The van der Waals surface area contributed by atoms with Gasteiger partial charge in [0.1, 0.15) is 29.5 Å². The van der Waals surface area contributed by atoms with Crippen molar-refractivity contribution in [3.8, 4) is 16.9 Å². The van der Waals surface area contributed by atoms with Gasteiger partial charge in [0.2, 0.25) is 17.7 Å². The van der Waals surface area contributed by atoms with E-state index in [4.69, 9.17) is 24.7 Å². The fraction of sp³-hybridized carbons (Fsp3) is 0.370. The molecule has 0 aliphatic carbocycles. The number of rotatable bonds is 18. The molecule has 0 bridgehead atoms. The summed E-state index contributed by atoms with van der Waals surface area (Å²) in [6.45, 7) is 9.51. The molecule has 0 fully saturated rings. The minimum Gasteiger partial charge on any atom is -0.497 e. The maximum Gasteiger partial charge on any atom is 0.408 e. The van der Waals surface area contributed by atoms with Crippen LogP contribution in [-0.2, 0) is 47.2 Å². The molecule has 6 aromatic rings. The van der Waals surface area contributed by atoms with Gasteiger partial charge in [0.05, 0.1) is 19.1 Å². The van der Waals surface area contributed by atoms with Crippen molar-refractivity contribution < 1.29 is 28.4 Å². The molecule has 3 aromatic carbocycles. The topological polar surface area (TPSA) is 206 Å². The van der Waals surface area contributed by atoms with E-state index in [0.29, 0.717) is 42.6 Å². The first-order valence-corrected chi connectivity index (χ1v) is 20.6. The number of carbonyl (C=O) groups excluding carboxylic acids is 3. The zero-order chi connectivity index (χ0) is 44.4. The highest BCUT2D eigenvalue weighted by Gasteiger charge is 2.32. The van der Waals surface area contributed by atoms with Crippen LogP contribution in [0.4, 0.5) is 10.7 Å². The third-order valence-electron chi connectivity index (χ3n) is 10.3. The molecule has 0 spiro atoms. The highest BCUT2D eigenvalue weighted by molar-refractivity contribution is 5.91. The van der Waals surface area contributed by atoms with Gasteiger partial charge in [-0.1, -0.05) is 59.8 Å². The molecule has 326 valence electrons. The number of hydrogen-bond acceptors (Lipinski definition) is 11. The van der Waals surface area contributed by atoms with E-state index in [1.165, 1.54) is 0 Å². The lowest BCUT2D eigenvalue weighted by atomic mass is 9.95. The van der Waals surface area contributed by atoms with Gasteiger partial charge >= 0.3 is 6.09 Å². The summed E-state index contributed by atoms with van der Waals surface area (Å²) in [4.78, 5) is 55.4. The van der Waals surface area contributed by atoms with Crippen LogP contribution in [0.3, 0.4) is 0 Å². The Morgan fingerprint density at radius 2 is 1.58 bits per heavy atom. The van der Waals surface area contributed by atoms with E-state index in [0.717, 1.165) is 33.4 Å². The number of methoxy groups -OCH3 is 1. The van der Waals surface area contributed by atoms with E-state index >= 15 is 0 Å². The maximum absolute atomic E-state index is 14.7. The number of aryl methyl sites for hydroxylation is 4. The van der Waals surface area contributed by atoms with Crippen LogP contribution in [0.2, 0.25) is 0 Å². The van der Waals surface area contributed by atoms with E-state index < -0.39 is 41.6 Å². The molecule has 16 nitrogen and oxygen atoms in total. The summed E-state index contributed by atoms with van der Waals surface area (Å²) >= 11 is 0. The predicted molar refractivity (Wildman–Crippen MR) is 234 cm³/mol. The highest BCUT2D eigenvalue weighted by Crippen LogP contribution is 2.25. The van der Waals surface area contributed by atoms with Crippen molar-refractivity contribution in [1.29, 1.82) is 0 Å². The number of nitrogen functional groups attached to an aromatic ring is 1. The van der Waals surface area contributed by atoms with Crippen LogP contribution in [0, 0.1) is 13.8 Å². The van der Waals surface area contributed by atoms with Crippen molar-refractivity contribution in [3.63, 3.8) is 0 Å². The lowest BCUT2D eigenvalue weighted by molar-refractivity contribution is -0.130. The van der Waals surface area contributed by atoms with E-state index in [1.54, 1.807) is 51.2 Å². The summed E-state index contributed by atoms with van der Waals surface area (Å²) in [7, 11) is 3.45. The van der Waals surface area contributed by atoms with Gasteiger partial charge in [0, 0.05) is 51.4 Å². The van der Waals surface area contributed by atoms with Crippen LogP contribution >= 0.6 is 0 Å². The summed E-state index contributed by atoms with van der Waals surface area (Å²) in [6.07, 6.45) is 7.48. The predicted octanol–water partition coefficient (Wildman–Crippen LogP) is 5.97. The lowest BCUT2D eigenvalue weighted by Crippen LogP contribution is -2.55. The average Bonchev–Trinajstić information content (AvgIpc) is 3.99. The number of hydrogen-bond donors (Lipinski definition) is 4. The molecule has 3 aromatic heterocycles. The number of nitrogens with zero attached hydrogens (tertiary/aromatic N) is 6. The number of carbonyl (C=O) groups is 3. The van der Waals surface area contributed by atoms with Crippen LogP contribution in [0.5, 0.6) is 5.75 Å². The van der Waals surface area contributed by atoms with Crippen LogP contribution < -0.4 is 26.4 Å². The number of anilines is 1. The number of benzene rings is 3. The maximum atomic E-state index is 14.7. The Hall–Kier alpha value is -6.97. The molecule has 0 aliphatic heterocycles. The van der Waals surface area contributed by atoms with Gasteiger partial charge in [-0.05, 0) is 93.0 Å². The number of nitrogens with two attached hydrogens (primary N) is 1. The van der Waals surface area contributed by atoms with Gasteiger partial charge in [0.15, 0.2) is 11.8 Å². The second-order valence-corrected chi connectivity index (χ2v) is 16.4. The van der Waals surface area contributed by atoms with E-state index in [9.17, 15) is 14.4 Å². The second-order valence-electron chi connectivity index (χ2n) is 16.4. The van der Waals surface area contributed by atoms with Crippen molar-refractivity contribution >= 4 is 23.9 Å². The molecule has 5 N–H and O–H groups in total. The average molecular weight is 845 g/mol. The monoisotopic (exact) mass is 844 g/mol. The van der Waals surface area contributed by atoms with E-state index in [2.05, 4.69) is 55.3 Å². The number of aromatic nitrogens is 6. The number of ether oxygens (including phenoxy) is 2. The fourth-order valence-corrected chi connectivity index (χ4v) is 7.16. The third-order valence-corrected chi connectivity index (χ3v) is 10.3. The number of amides is 3. The molecule has 3 atom stereocenters. The first-order chi connectivity index (χ1) is 29.6. The molecular formula is C46H56N10O6. The minimum absolute atomic E-state index is 0.119. The molecule has 16 heteroatoms. The van der Waals surface area contributed by atoms with Gasteiger partial charge in [-0.3, -0.25) is 9.59 Å². The molecule has 6 rings (SSSR count). The number of alkyl carbamates (subject to hydrolysis) is 1. The van der Waals surface area contributed by atoms with Gasteiger partial charge < -0.3 is 44.8 Å². The molecule has 0 aliphatic rings. The standard InChI is InChI=1S/C46H56N10O6/c1-29-22-35(60-7)23-30(2)36(29)26-38(50-41(57)37(52-45(59)61-46(3,4)5)14-11-20-56-21-19-48-44(56)47)42(58)51-39(25-34-27-55(6)28-49-34)43-53-40(54-62-43)24-31-15-17-33(18-16-31)32-12-9-8-10-13-32/h8-10,12-13,15-19,21-23,27-28,37-39H,11,14,20,24-26H2,1-7H3,(H2,47,48)(H,50,57)(H,51,58)(H,52,59)/t37-,38+,39+/m1/s1. The molecule has 3 amide bonds. The van der Waals surface area contributed by atoms with Crippen LogP contribution in [-0.4, -0.2) is 71.9 Å². The van der Waals surface area contributed by atoms with Gasteiger partial charge in [-0.15, -0.1) is 0 Å². The fourth-order valence-electron chi connectivity index (χ4n) is 7.16. The van der Waals surface area contributed by atoms with Crippen molar-refractivity contribution in [3.05, 3.63) is 131 Å². The first-order valence-electron chi connectivity index (χ1n) is 20.6. The van der Waals surface area contributed by atoms with Crippen molar-refractivity contribution in [2.24, 2.45) is 7.05 Å². The van der Waals surface area contributed by atoms with Gasteiger partial charge in [-0.25, -0.2) is 14.8 Å². The lowest BCUT2D eigenvalue weighted by Gasteiger charge is -2.27. The van der Waals surface area contributed by atoms with E-state index in [1.807, 2.05) is 74.1 Å². The van der Waals surface area contributed by atoms with Crippen LogP contribution in [0.1, 0.15) is 79.3 Å². The Morgan fingerprint density at radius 1 is 0.887 bits per heavy atom. The van der Waals surface area contributed by atoms with Crippen LogP contribution in [0.15, 0.2) is 96.2 Å². The van der Waals surface area contributed by atoms with E-state index in [-0.39, 0.29) is 25.2 Å². The third kappa shape index (κ3) is 12.3. The SMILES string of the molecule is COc1cc(C)c(C[C@H](NC(=O)[C@@H](CCCn2ccnc2N)NC(=O)OC(C)(C)C)C(=O)N[C@@H](Cc2cn(C)cn2)c2nc(Cc3ccc(-c4ccccc4)cc3)no2)c(C)c1. The van der Waals surface area contributed by atoms with Crippen molar-refractivity contribution in [1.82, 2.24) is 45.2 Å². The largest absolute Gasteiger partial charge is 0.497 e. The zero-order valence-corrected chi connectivity index (χ0v) is 36.3. The van der Waals surface area contributed by atoms with Crippen molar-refractivity contribution in [2.45, 2.75) is 97.0 Å². The zero-order valence-electron chi connectivity index (χ0n) is 36.3. The Balaban J connectivity index is 1.26. The number of imidazole rings is 2. The quantitative estimate of drug-likeness (QED) is 0.0794. The summed E-state index contributed by atoms with van der Waals surface area (Å²) in [5, 5.41) is 13.1. The molecule has 0 unspecified atom stereocenters. The Kier molecular flexibility index (Phi) is 14.4. The van der Waals surface area contributed by atoms with Gasteiger partial charge in [0.25, 0.3) is 0 Å². The Labute approximate surface area is 361 Å². The van der Waals surface area contributed by atoms with Crippen molar-refractivity contribution in [2.75, 3.05) is 12.8 Å². The smallest absolute Gasteiger partial charge is 0.408 e. The normalized spacial score (nSPS) is 12.9. The molecular weight excluding hydrogens is 789 g/mol. The second kappa shape index (κ2) is 20.1. The minimum atomic E-state index is -1.11. The van der Waals surface area contributed by atoms with Gasteiger partial charge in [-0.2, -0.15) is 4.98 Å². The summed E-state index contributed by atoms with van der Waals surface area (Å²) < 4.78 is 20.4.